The smallest absolute Gasteiger partial charge is 0.230 e. The van der Waals surface area contributed by atoms with E-state index in [1.165, 1.54) is 12.8 Å². The Morgan fingerprint density at radius 2 is 1.95 bits per heavy atom. The van der Waals surface area contributed by atoms with Crippen LogP contribution in [0.3, 0.4) is 0 Å². The topological polar surface area (TPSA) is 55.1 Å². The second-order valence-electron chi connectivity index (χ2n) is 6.27. The van der Waals surface area contributed by atoms with E-state index in [-0.39, 0.29) is 5.91 Å². The summed E-state index contributed by atoms with van der Waals surface area (Å²) in [4.78, 5) is 12.4. The van der Waals surface area contributed by atoms with Gasteiger partial charge in [0, 0.05) is 12.2 Å². The van der Waals surface area contributed by atoms with Gasteiger partial charge in [0.2, 0.25) is 5.91 Å². The summed E-state index contributed by atoms with van der Waals surface area (Å²) in [6, 6.07) is 7.55. The van der Waals surface area contributed by atoms with Crippen molar-refractivity contribution in [1.29, 1.82) is 0 Å². The van der Waals surface area contributed by atoms with Gasteiger partial charge in [-0.05, 0) is 56.2 Å². The minimum atomic E-state index is -0.517. The SMILES string of the molecule is CC(CNC(=O)C(C)(C)c1ccc(N)cc1)C1CC1. The van der Waals surface area contributed by atoms with Crippen LogP contribution in [0.4, 0.5) is 5.69 Å². The number of nitrogen functional groups attached to an aromatic ring is 1. The Labute approximate surface area is 115 Å². The van der Waals surface area contributed by atoms with Crippen LogP contribution in [0.1, 0.15) is 39.2 Å². The van der Waals surface area contributed by atoms with E-state index in [9.17, 15) is 4.79 Å². The second-order valence-corrected chi connectivity index (χ2v) is 6.27. The van der Waals surface area contributed by atoms with Crippen LogP contribution in [0.15, 0.2) is 24.3 Å². The van der Waals surface area contributed by atoms with E-state index in [1.54, 1.807) is 0 Å². The fourth-order valence-corrected chi connectivity index (χ4v) is 2.34. The second kappa shape index (κ2) is 5.24. The van der Waals surface area contributed by atoms with E-state index in [2.05, 4.69) is 12.2 Å². The quantitative estimate of drug-likeness (QED) is 0.800. The molecule has 0 radical (unpaired) electrons. The third kappa shape index (κ3) is 3.28. The molecule has 104 valence electrons. The molecule has 1 fully saturated rings. The Morgan fingerprint density at radius 3 is 2.47 bits per heavy atom. The van der Waals surface area contributed by atoms with Gasteiger partial charge >= 0.3 is 0 Å². The summed E-state index contributed by atoms with van der Waals surface area (Å²) in [5.41, 5.74) is 6.89. The molecule has 0 heterocycles. The van der Waals surface area contributed by atoms with E-state index in [0.29, 0.717) is 5.92 Å². The maximum Gasteiger partial charge on any atom is 0.230 e. The molecule has 2 rings (SSSR count). The van der Waals surface area contributed by atoms with Gasteiger partial charge in [-0.3, -0.25) is 4.79 Å². The number of nitrogens with two attached hydrogens (primary N) is 1. The fraction of sp³-hybridized carbons (Fsp3) is 0.562. The molecule has 0 aliphatic heterocycles. The Morgan fingerprint density at radius 1 is 1.37 bits per heavy atom. The van der Waals surface area contributed by atoms with Gasteiger partial charge in [-0.2, -0.15) is 0 Å². The third-order valence-corrected chi connectivity index (χ3v) is 4.21. The number of benzene rings is 1. The molecule has 0 saturated heterocycles. The van der Waals surface area contributed by atoms with Crippen molar-refractivity contribution in [1.82, 2.24) is 5.32 Å². The van der Waals surface area contributed by atoms with Crippen LogP contribution < -0.4 is 11.1 Å². The van der Waals surface area contributed by atoms with Gasteiger partial charge in [0.1, 0.15) is 0 Å². The van der Waals surface area contributed by atoms with Crippen LogP contribution in [0.2, 0.25) is 0 Å². The van der Waals surface area contributed by atoms with Crippen molar-refractivity contribution >= 4 is 11.6 Å². The van der Waals surface area contributed by atoms with Crippen molar-refractivity contribution in [2.24, 2.45) is 11.8 Å². The molecular formula is C16H24N2O. The maximum atomic E-state index is 12.4. The van der Waals surface area contributed by atoms with Crippen molar-refractivity contribution in [3.63, 3.8) is 0 Å². The molecule has 1 amide bonds. The molecule has 0 bridgehead atoms. The molecule has 19 heavy (non-hydrogen) atoms. The van der Waals surface area contributed by atoms with E-state index < -0.39 is 5.41 Å². The first-order valence-electron chi connectivity index (χ1n) is 7.05. The summed E-state index contributed by atoms with van der Waals surface area (Å²) in [5.74, 6) is 1.50. The van der Waals surface area contributed by atoms with Gasteiger partial charge in [0.05, 0.1) is 5.41 Å². The minimum absolute atomic E-state index is 0.0878. The lowest BCUT2D eigenvalue weighted by atomic mass is 9.83. The molecule has 1 aliphatic carbocycles. The highest BCUT2D eigenvalue weighted by Crippen LogP contribution is 2.36. The van der Waals surface area contributed by atoms with Crippen LogP contribution in [0.25, 0.3) is 0 Å². The summed E-state index contributed by atoms with van der Waals surface area (Å²) in [6.45, 7) is 6.90. The molecule has 1 aromatic rings. The predicted molar refractivity (Wildman–Crippen MR) is 78.8 cm³/mol. The number of amides is 1. The molecule has 3 nitrogen and oxygen atoms in total. The Bertz CT molecular complexity index is 446. The normalized spacial score (nSPS) is 17.0. The zero-order chi connectivity index (χ0) is 14.0. The predicted octanol–water partition coefficient (Wildman–Crippen LogP) is 2.71. The van der Waals surface area contributed by atoms with Crippen LogP contribution in [0, 0.1) is 11.8 Å². The van der Waals surface area contributed by atoms with Gasteiger partial charge < -0.3 is 11.1 Å². The number of anilines is 1. The molecule has 1 aliphatic rings. The standard InChI is InChI=1S/C16H24N2O/c1-11(12-4-5-12)10-18-15(19)16(2,3)13-6-8-14(17)9-7-13/h6-9,11-12H,4-5,10,17H2,1-3H3,(H,18,19). The molecule has 3 heteroatoms. The summed E-state index contributed by atoms with van der Waals surface area (Å²) in [7, 11) is 0. The highest BCUT2D eigenvalue weighted by Gasteiger charge is 2.32. The maximum absolute atomic E-state index is 12.4. The van der Waals surface area contributed by atoms with Crippen LogP contribution in [0.5, 0.6) is 0 Å². The third-order valence-electron chi connectivity index (χ3n) is 4.21. The monoisotopic (exact) mass is 260 g/mol. The Kier molecular flexibility index (Phi) is 3.83. The number of rotatable bonds is 5. The molecule has 1 aromatic carbocycles. The molecule has 1 unspecified atom stereocenters. The molecule has 0 aromatic heterocycles. The average Bonchev–Trinajstić information content (AvgIpc) is 3.20. The van der Waals surface area contributed by atoms with Crippen molar-refractivity contribution < 1.29 is 4.79 Å². The highest BCUT2D eigenvalue weighted by molar-refractivity contribution is 5.87. The first kappa shape index (κ1) is 13.9. The molecule has 0 spiro atoms. The van der Waals surface area contributed by atoms with Crippen LogP contribution in [-0.4, -0.2) is 12.5 Å². The van der Waals surface area contributed by atoms with Crippen molar-refractivity contribution in [2.75, 3.05) is 12.3 Å². The Hall–Kier alpha value is -1.51. The van der Waals surface area contributed by atoms with E-state index in [4.69, 9.17) is 5.73 Å². The molecule has 3 N–H and O–H groups in total. The average molecular weight is 260 g/mol. The van der Waals surface area contributed by atoms with Gasteiger partial charge in [0.25, 0.3) is 0 Å². The zero-order valence-corrected chi connectivity index (χ0v) is 12.1. The highest BCUT2D eigenvalue weighted by atomic mass is 16.2. The van der Waals surface area contributed by atoms with Crippen LogP contribution in [-0.2, 0) is 10.2 Å². The Balaban J connectivity index is 1.97. The molecule has 1 atom stereocenters. The number of hydrogen-bond acceptors (Lipinski definition) is 2. The number of carbonyl (C=O) groups excluding carboxylic acids is 1. The van der Waals surface area contributed by atoms with Crippen LogP contribution >= 0.6 is 0 Å². The largest absolute Gasteiger partial charge is 0.399 e. The number of nitrogens with one attached hydrogen (secondary N) is 1. The minimum Gasteiger partial charge on any atom is -0.399 e. The van der Waals surface area contributed by atoms with Crippen molar-refractivity contribution in [3.8, 4) is 0 Å². The van der Waals surface area contributed by atoms with Gasteiger partial charge in [-0.25, -0.2) is 0 Å². The van der Waals surface area contributed by atoms with Gasteiger partial charge in [-0.15, -0.1) is 0 Å². The fourth-order valence-electron chi connectivity index (χ4n) is 2.34. The summed E-state index contributed by atoms with van der Waals surface area (Å²) in [5, 5.41) is 3.09. The molecular weight excluding hydrogens is 236 g/mol. The number of hydrogen-bond donors (Lipinski definition) is 2. The van der Waals surface area contributed by atoms with E-state index in [0.717, 1.165) is 23.7 Å². The lowest BCUT2D eigenvalue weighted by Crippen LogP contribution is -2.42. The van der Waals surface area contributed by atoms with E-state index >= 15 is 0 Å². The number of carbonyl (C=O) groups is 1. The first-order valence-corrected chi connectivity index (χ1v) is 7.05. The van der Waals surface area contributed by atoms with Crippen molar-refractivity contribution in [2.45, 2.75) is 39.0 Å². The summed E-state index contributed by atoms with van der Waals surface area (Å²) in [6.07, 6.45) is 2.64. The lowest BCUT2D eigenvalue weighted by molar-refractivity contribution is -0.125. The van der Waals surface area contributed by atoms with Gasteiger partial charge in [-0.1, -0.05) is 19.1 Å². The van der Waals surface area contributed by atoms with E-state index in [1.807, 2.05) is 38.1 Å². The summed E-state index contributed by atoms with van der Waals surface area (Å²) >= 11 is 0. The lowest BCUT2D eigenvalue weighted by Gasteiger charge is -2.25. The summed E-state index contributed by atoms with van der Waals surface area (Å²) < 4.78 is 0. The van der Waals surface area contributed by atoms with Crippen molar-refractivity contribution in [3.05, 3.63) is 29.8 Å². The first-order chi connectivity index (χ1) is 8.91. The van der Waals surface area contributed by atoms with Gasteiger partial charge in [0.15, 0.2) is 0 Å². The zero-order valence-electron chi connectivity index (χ0n) is 12.1. The molecule has 1 saturated carbocycles.